The molecule has 0 bridgehead atoms. The fourth-order valence-corrected chi connectivity index (χ4v) is 5.05. The van der Waals surface area contributed by atoms with Gasteiger partial charge in [-0.25, -0.2) is 9.48 Å². The van der Waals surface area contributed by atoms with Crippen molar-refractivity contribution in [2.24, 2.45) is 0 Å². The van der Waals surface area contributed by atoms with Gasteiger partial charge < -0.3 is 19.4 Å². The van der Waals surface area contributed by atoms with Crippen molar-refractivity contribution in [2.75, 3.05) is 45.8 Å². The van der Waals surface area contributed by atoms with Crippen LogP contribution in [0.2, 0.25) is 5.02 Å². The molecule has 2 saturated heterocycles. The SMILES string of the molecule is CCN1CCN(C(=O)c2cnn(-c3ccccc3Cl)c2C2CCN(C(=O)OC(C)(C)C)CC2)CC1. The standard InChI is InChI=1S/C26H36ClN5O3/c1-5-29-14-16-30(17-15-29)24(33)20-18-28-32(22-9-7-6-8-21(22)27)23(20)19-10-12-31(13-11-19)25(34)35-26(2,3)4/h6-9,18-19H,5,10-17H2,1-4H3. The number of piperidine rings is 1. The summed E-state index contributed by atoms with van der Waals surface area (Å²) in [5, 5.41) is 5.22. The van der Waals surface area contributed by atoms with Gasteiger partial charge in [-0.05, 0) is 52.3 Å². The molecule has 9 heteroatoms. The number of nitrogens with zero attached hydrogens (tertiary/aromatic N) is 5. The molecule has 0 unspecified atom stereocenters. The van der Waals surface area contributed by atoms with E-state index in [1.165, 1.54) is 0 Å². The topological polar surface area (TPSA) is 70.9 Å². The van der Waals surface area contributed by atoms with E-state index in [1.54, 1.807) is 11.1 Å². The summed E-state index contributed by atoms with van der Waals surface area (Å²) >= 11 is 6.53. The fourth-order valence-electron chi connectivity index (χ4n) is 4.83. The molecule has 2 aliphatic rings. The summed E-state index contributed by atoms with van der Waals surface area (Å²) in [6.45, 7) is 13.1. The lowest BCUT2D eigenvalue weighted by Crippen LogP contribution is -2.48. The molecule has 8 nitrogen and oxygen atoms in total. The number of rotatable bonds is 4. The van der Waals surface area contributed by atoms with Crippen LogP contribution in [-0.2, 0) is 4.74 Å². The first kappa shape index (κ1) is 25.5. The number of benzene rings is 1. The van der Waals surface area contributed by atoms with Crippen molar-refractivity contribution in [3.63, 3.8) is 0 Å². The van der Waals surface area contributed by atoms with Gasteiger partial charge in [0.2, 0.25) is 0 Å². The quantitative estimate of drug-likeness (QED) is 0.620. The highest BCUT2D eigenvalue weighted by Gasteiger charge is 2.34. The number of piperazine rings is 1. The predicted molar refractivity (Wildman–Crippen MR) is 136 cm³/mol. The summed E-state index contributed by atoms with van der Waals surface area (Å²) < 4.78 is 7.38. The second-order valence-corrected chi connectivity index (χ2v) is 10.7. The van der Waals surface area contributed by atoms with E-state index in [0.717, 1.165) is 43.9 Å². The molecule has 0 N–H and O–H groups in total. The Morgan fingerprint density at radius 3 is 2.29 bits per heavy atom. The largest absolute Gasteiger partial charge is 0.444 e. The monoisotopic (exact) mass is 501 g/mol. The number of para-hydroxylation sites is 1. The maximum atomic E-state index is 13.7. The molecule has 35 heavy (non-hydrogen) atoms. The average molecular weight is 502 g/mol. The first-order valence-corrected chi connectivity index (χ1v) is 12.9. The Balaban J connectivity index is 1.60. The lowest BCUT2D eigenvalue weighted by atomic mass is 9.90. The first-order valence-electron chi connectivity index (χ1n) is 12.5. The minimum Gasteiger partial charge on any atom is -0.444 e. The van der Waals surface area contributed by atoms with E-state index in [1.807, 2.05) is 54.6 Å². The zero-order valence-electron chi connectivity index (χ0n) is 21.2. The van der Waals surface area contributed by atoms with E-state index in [2.05, 4.69) is 16.9 Å². The molecule has 4 rings (SSSR count). The summed E-state index contributed by atoms with van der Waals surface area (Å²) in [5.41, 5.74) is 1.74. The van der Waals surface area contributed by atoms with Crippen molar-refractivity contribution < 1.29 is 14.3 Å². The van der Waals surface area contributed by atoms with Crippen molar-refractivity contribution in [3.05, 3.63) is 46.7 Å². The molecule has 0 saturated carbocycles. The lowest BCUT2D eigenvalue weighted by molar-refractivity contribution is 0.0202. The zero-order chi connectivity index (χ0) is 25.2. The molecule has 0 aliphatic carbocycles. The van der Waals surface area contributed by atoms with Crippen LogP contribution in [0, 0.1) is 0 Å². The van der Waals surface area contributed by atoms with E-state index >= 15 is 0 Å². The number of aromatic nitrogens is 2. The summed E-state index contributed by atoms with van der Waals surface area (Å²) in [6, 6.07) is 7.55. The van der Waals surface area contributed by atoms with Gasteiger partial charge in [-0.1, -0.05) is 30.7 Å². The summed E-state index contributed by atoms with van der Waals surface area (Å²) in [4.78, 5) is 32.3. The van der Waals surface area contributed by atoms with Crippen molar-refractivity contribution >= 4 is 23.6 Å². The second kappa shape index (κ2) is 10.6. The van der Waals surface area contributed by atoms with Crippen molar-refractivity contribution in [2.45, 2.75) is 52.1 Å². The third-order valence-corrected chi connectivity index (χ3v) is 7.08. The predicted octanol–water partition coefficient (Wildman–Crippen LogP) is 4.42. The highest BCUT2D eigenvalue weighted by Crippen LogP contribution is 2.34. The van der Waals surface area contributed by atoms with E-state index in [0.29, 0.717) is 36.8 Å². The van der Waals surface area contributed by atoms with Crippen LogP contribution in [-0.4, -0.2) is 87.9 Å². The van der Waals surface area contributed by atoms with Crippen molar-refractivity contribution in [1.29, 1.82) is 0 Å². The van der Waals surface area contributed by atoms with Gasteiger partial charge in [-0.2, -0.15) is 5.10 Å². The van der Waals surface area contributed by atoms with Gasteiger partial charge in [0.15, 0.2) is 0 Å². The van der Waals surface area contributed by atoms with E-state index < -0.39 is 5.60 Å². The number of likely N-dealkylation sites (N-methyl/N-ethyl adjacent to an activating group) is 1. The molecule has 3 heterocycles. The average Bonchev–Trinajstić information content (AvgIpc) is 3.28. The lowest BCUT2D eigenvalue weighted by Gasteiger charge is -2.35. The van der Waals surface area contributed by atoms with Gasteiger partial charge in [0.25, 0.3) is 5.91 Å². The number of halogens is 1. The first-order chi connectivity index (χ1) is 16.7. The Kier molecular flexibility index (Phi) is 7.71. The van der Waals surface area contributed by atoms with Crippen molar-refractivity contribution in [3.8, 4) is 5.69 Å². The molecular formula is C26H36ClN5O3. The Hall–Kier alpha value is -2.58. The molecule has 0 spiro atoms. The van der Waals surface area contributed by atoms with Gasteiger partial charge in [0, 0.05) is 45.2 Å². The number of likely N-dealkylation sites (tertiary alicyclic amines) is 1. The molecule has 2 aliphatic heterocycles. The van der Waals surface area contributed by atoms with E-state index in [9.17, 15) is 9.59 Å². The Bertz CT molecular complexity index is 1050. The second-order valence-electron chi connectivity index (χ2n) is 10.3. The molecule has 1 aromatic heterocycles. The molecular weight excluding hydrogens is 466 g/mol. The molecule has 2 fully saturated rings. The highest BCUT2D eigenvalue weighted by molar-refractivity contribution is 6.32. The third kappa shape index (κ3) is 5.81. The molecule has 190 valence electrons. The number of amides is 2. The number of ether oxygens (including phenoxy) is 1. The molecule has 1 aromatic carbocycles. The fraction of sp³-hybridized carbons (Fsp3) is 0.577. The van der Waals surface area contributed by atoms with Crippen LogP contribution < -0.4 is 0 Å². The number of hydrogen-bond donors (Lipinski definition) is 0. The molecule has 0 radical (unpaired) electrons. The normalized spacial score (nSPS) is 18.1. The van der Waals surface area contributed by atoms with Crippen LogP contribution in [0.15, 0.2) is 30.5 Å². The molecule has 2 amide bonds. The van der Waals surface area contributed by atoms with Gasteiger partial charge >= 0.3 is 6.09 Å². The summed E-state index contributed by atoms with van der Waals surface area (Å²) in [6.07, 6.45) is 2.84. The molecule has 2 aromatic rings. The molecule has 0 atom stereocenters. The maximum Gasteiger partial charge on any atom is 0.410 e. The maximum absolute atomic E-state index is 13.7. The van der Waals surface area contributed by atoms with E-state index in [-0.39, 0.29) is 17.9 Å². The highest BCUT2D eigenvalue weighted by atomic mass is 35.5. The number of carbonyl (C=O) groups excluding carboxylic acids is 2. The van der Waals surface area contributed by atoms with E-state index in [4.69, 9.17) is 16.3 Å². The van der Waals surface area contributed by atoms with Crippen LogP contribution in [0.5, 0.6) is 0 Å². The van der Waals surface area contributed by atoms with Crippen molar-refractivity contribution in [1.82, 2.24) is 24.5 Å². The van der Waals surface area contributed by atoms with Crippen LogP contribution in [0.1, 0.15) is 62.5 Å². The van der Waals surface area contributed by atoms with Crippen LogP contribution in [0.3, 0.4) is 0 Å². The van der Waals surface area contributed by atoms with Gasteiger partial charge in [0.05, 0.1) is 28.2 Å². The smallest absolute Gasteiger partial charge is 0.410 e. The minimum atomic E-state index is -0.530. The van der Waals surface area contributed by atoms with Gasteiger partial charge in [-0.3, -0.25) is 4.79 Å². The Morgan fingerprint density at radius 1 is 1.03 bits per heavy atom. The van der Waals surface area contributed by atoms with Crippen LogP contribution >= 0.6 is 11.6 Å². The summed E-state index contributed by atoms with van der Waals surface area (Å²) in [7, 11) is 0. The summed E-state index contributed by atoms with van der Waals surface area (Å²) in [5.74, 6) is 0.0898. The number of carbonyl (C=O) groups is 2. The van der Waals surface area contributed by atoms with Crippen LogP contribution in [0.25, 0.3) is 5.69 Å². The minimum absolute atomic E-state index is 0.0172. The van der Waals surface area contributed by atoms with Gasteiger partial charge in [-0.15, -0.1) is 0 Å². The number of hydrogen-bond acceptors (Lipinski definition) is 5. The van der Waals surface area contributed by atoms with Crippen LogP contribution in [0.4, 0.5) is 4.79 Å². The zero-order valence-corrected chi connectivity index (χ0v) is 21.9. The van der Waals surface area contributed by atoms with Gasteiger partial charge in [0.1, 0.15) is 5.60 Å². The Labute approximate surface area is 212 Å². The Morgan fingerprint density at radius 2 is 1.69 bits per heavy atom. The third-order valence-electron chi connectivity index (χ3n) is 6.76.